The van der Waals surface area contributed by atoms with Crippen molar-refractivity contribution in [3.05, 3.63) is 0 Å². The molecule has 1 spiro atoms. The molecule has 0 aromatic heterocycles. The fourth-order valence-electron chi connectivity index (χ4n) is 3.75. The van der Waals surface area contributed by atoms with Crippen molar-refractivity contribution in [1.82, 2.24) is 15.3 Å². The van der Waals surface area contributed by atoms with Gasteiger partial charge in [-0.25, -0.2) is 18.9 Å². The monoisotopic (exact) mass is 413 g/mol. The average Bonchev–Trinajstić information content (AvgIpc) is 2.96. The van der Waals surface area contributed by atoms with E-state index in [-0.39, 0.29) is 5.96 Å². The summed E-state index contributed by atoms with van der Waals surface area (Å²) in [6, 6.07) is -2.58. The number of hydrogen-bond acceptors (Lipinski definition) is 14. The van der Waals surface area contributed by atoms with Crippen LogP contribution in [0, 0.1) is 0 Å². The third-order valence-electron chi connectivity index (χ3n) is 4.78. The lowest BCUT2D eigenvalue weighted by molar-refractivity contribution is -0.312. The molecule has 0 bridgehead atoms. The number of rotatable bonds is 4. The highest BCUT2D eigenvalue weighted by molar-refractivity contribution is 7.80. The molecule has 11 N–H and O–H groups in total. The lowest BCUT2D eigenvalue weighted by Gasteiger charge is -2.54. The lowest BCUT2D eigenvalue weighted by Crippen LogP contribution is -2.83. The number of hydrogen-bond donors (Lipinski definition) is 8. The van der Waals surface area contributed by atoms with Gasteiger partial charge in [-0.3, -0.25) is 4.55 Å². The molecule has 5 atom stereocenters. The van der Waals surface area contributed by atoms with E-state index in [2.05, 4.69) is 19.2 Å². The molecular formula is C10H19N7O9S. The van der Waals surface area contributed by atoms with E-state index in [1.54, 1.807) is 0 Å². The molecule has 3 rings (SSSR count). The number of primary amides is 1. The first kappa shape index (κ1) is 19.9. The van der Waals surface area contributed by atoms with Gasteiger partial charge in [-0.2, -0.15) is 13.5 Å². The minimum Gasteiger partial charge on any atom is -0.448 e. The van der Waals surface area contributed by atoms with Crippen LogP contribution in [-0.4, -0.2) is 99.5 Å². The summed E-state index contributed by atoms with van der Waals surface area (Å²) in [6.45, 7) is -1.13. The largest absolute Gasteiger partial charge is 0.448 e. The number of carbonyl (C=O) groups excluding carboxylic acids is 1. The van der Waals surface area contributed by atoms with Gasteiger partial charge >= 0.3 is 16.5 Å². The highest BCUT2D eigenvalue weighted by Crippen LogP contribution is 2.47. The molecule has 27 heavy (non-hydrogen) atoms. The number of aliphatic imine (C=N–C) groups is 1. The molecule has 3 heterocycles. The van der Waals surface area contributed by atoms with Gasteiger partial charge < -0.3 is 42.7 Å². The molecule has 1 unspecified atom stereocenters. The molecule has 3 aliphatic rings. The Morgan fingerprint density at radius 3 is 2.63 bits per heavy atom. The van der Waals surface area contributed by atoms with Crippen LogP contribution in [0.1, 0.15) is 0 Å². The van der Waals surface area contributed by atoms with Crippen molar-refractivity contribution in [1.29, 1.82) is 0 Å². The molecular weight excluding hydrogens is 394 g/mol. The van der Waals surface area contributed by atoms with Gasteiger partial charge in [0.2, 0.25) is 5.79 Å². The fraction of sp³-hybridized carbons (Fsp3) is 0.800. The lowest BCUT2D eigenvalue weighted by atomic mass is 9.85. The van der Waals surface area contributed by atoms with Crippen molar-refractivity contribution in [3.63, 3.8) is 0 Å². The number of aliphatic hydroxyl groups is 2. The summed E-state index contributed by atoms with van der Waals surface area (Å²) < 4.78 is 40.1. The first-order valence-electron chi connectivity index (χ1n) is 7.45. The van der Waals surface area contributed by atoms with Crippen molar-refractivity contribution in [2.45, 2.75) is 35.9 Å². The highest BCUT2D eigenvalue weighted by Gasteiger charge is 2.76. The van der Waals surface area contributed by atoms with E-state index in [4.69, 9.17) is 21.8 Å². The Bertz CT molecular complexity index is 775. The Kier molecular flexibility index (Phi) is 4.49. The maximum Gasteiger partial charge on any atom is 0.404 e. The van der Waals surface area contributed by atoms with E-state index in [1.165, 1.54) is 0 Å². The Hall–Kier alpha value is -1.83. The zero-order chi connectivity index (χ0) is 20.4. The maximum absolute atomic E-state index is 11.1. The quantitative estimate of drug-likeness (QED) is 0.158. The zero-order valence-corrected chi connectivity index (χ0v) is 14.4. The molecule has 154 valence electrons. The van der Waals surface area contributed by atoms with Gasteiger partial charge in [0.05, 0.1) is 6.04 Å². The van der Waals surface area contributed by atoms with E-state index in [0.29, 0.717) is 5.06 Å². The molecule has 16 nitrogen and oxygen atoms in total. The SMILES string of the molecule is NC(=O)OC[C@H]1[C@@H]2N=C(N)N[C@]23N(C[C@H](OS(=O)(=O)O)C3(O)O)C(N)N1O. The summed E-state index contributed by atoms with van der Waals surface area (Å²) in [5.41, 5.74) is 14.4. The molecule has 0 aromatic carbocycles. The molecule has 0 aromatic rings. The van der Waals surface area contributed by atoms with Crippen LogP contribution in [0.4, 0.5) is 4.79 Å². The van der Waals surface area contributed by atoms with Crippen molar-refractivity contribution in [2.75, 3.05) is 13.2 Å². The van der Waals surface area contributed by atoms with E-state index in [1.807, 2.05) is 0 Å². The van der Waals surface area contributed by atoms with Crippen molar-refractivity contribution >= 4 is 22.5 Å². The van der Waals surface area contributed by atoms with Gasteiger partial charge in [0.1, 0.15) is 25.0 Å². The summed E-state index contributed by atoms with van der Waals surface area (Å²) in [5.74, 6) is -3.32. The molecule has 2 saturated heterocycles. The minimum atomic E-state index is -5.08. The Balaban J connectivity index is 2.05. The van der Waals surface area contributed by atoms with Crippen LogP contribution in [0.15, 0.2) is 4.99 Å². The first-order chi connectivity index (χ1) is 12.3. The second-order valence-corrected chi connectivity index (χ2v) is 7.28. The molecule has 17 heteroatoms. The van der Waals surface area contributed by atoms with E-state index >= 15 is 0 Å². The molecule has 1 amide bonds. The Morgan fingerprint density at radius 2 is 2.07 bits per heavy atom. The number of ether oxygens (including phenoxy) is 1. The van der Waals surface area contributed by atoms with E-state index < -0.39 is 65.6 Å². The van der Waals surface area contributed by atoms with E-state index in [9.17, 15) is 28.6 Å². The number of hydroxylamine groups is 2. The van der Waals surface area contributed by atoms with Crippen molar-refractivity contribution < 1.29 is 42.1 Å². The predicted octanol–water partition coefficient (Wildman–Crippen LogP) is -5.44. The van der Waals surface area contributed by atoms with Crippen LogP contribution in [-0.2, 0) is 19.3 Å². The Morgan fingerprint density at radius 1 is 1.44 bits per heavy atom. The minimum absolute atomic E-state index is 0.295. The molecule has 0 radical (unpaired) electrons. The number of carbonyl (C=O) groups is 1. The second kappa shape index (κ2) is 6.09. The fourth-order valence-corrected chi connectivity index (χ4v) is 4.24. The van der Waals surface area contributed by atoms with Crippen LogP contribution >= 0.6 is 0 Å². The summed E-state index contributed by atoms with van der Waals surface area (Å²) in [5, 5.41) is 34.8. The molecule has 0 saturated carbocycles. The van der Waals surface area contributed by atoms with Gasteiger partial charge in [0, 0.05) is 6.54 Å². The summed E-state index contributed by atoms with van der Waals surface area (Å²) in [4.78, 5) is 15.9. The smallest absolute Gasteiger partial charge is 0.404 e. The van der Waals surface area contributed by atoms with Gasteiger partial charge in [-0.05, 0) is 0 Å². The van der Waals surface area contributed by atoms with Crippen LogP contribution in [0.25, 0.3) is 0 Å². The van der Waals surface area contributed by atoms with Crippen molar-refractivity contribution in [3.8, 4) is 0 Å². The summed E-state index contributed by atoms with van der Waals surface area (Å²) in [7, 11) is -5.08. The van der Waals surface area contributed by atoms with Crippen LogP contribution in [0.3, 0.4) is 0 Å². The third-order valence-corrected chi connectivity index (χ3v) is 5.25. The average molecular weight is 413 g/mol. The van der Waals surface area contributed by atoms with E-state index in [0.717, 1.165) is 4.90 Å². The van der Waals surface area contributed by atoms with Crippen LogP contribution in [0.5, 0.6) is 0 Å². The topological polar surface area (TPSA) is 260 Å². The van der Waals surface area contributed by atoms with Gasteiger partial charge in [-0.15, -0.1) is 0 Å². The van der Waals surface area contributed by atoms with Gasteiger partial charge in [-0.1, -0.05) is 0 Å². The second-order valence-electron chi connectivity index (χ2n) is 6.23. The predicted molar refractivity (Wildman–Crippen MR) is 82.5 cm³/mol. The van der Waals surface area contributed by atoms with Crippen molar-refractivity contribution in [2.24, 2.45) is 22.2 Å². The zero-order valence-electron chi connectivity index (χ0n) is 13.5. The maximum atomic E-state index is 11.1. The van der Waals surface area contributed by atoms with Gasteiger partial charge in [0.15, 0.2) is 11.6 Å². The number of nitrogens with zero attached hydrogens (tertiary/aromatic N) is 3. The standard InChI is InChI=1S/C10H19N7O9S/c11-6-14-5-3(2-25-8(13)18)17(21)7(12)16-1-4(26-27(22,23)24)10(19,20)9(5,16)15-6/h3-5,7,19-21H,1-2,12H2,(H2,13,18)(H3,11,14,15)(H,22,23,24)/t3-,4-,5-,7?,9-/m0/s1. The summed E-state index contributed by atoms with van der Waals surface area (Å²) >= 11 is 0. The third kappa shape index (κ3) is 2.88. The number of amides is 1. The molecule has 2 fully saturated rings. The first-order valence-corrected chi connectivity index (χ1v) is 8.81. The number of nitrogens with two attached hydrogens (primary N) is 3. The highest BCUT2D eigenvalue weighted by atomic mass is 32.3. The molecule has 3 aliphatic heterocycles. The van der Waals surface area contributed by atoms with Crippen LogP contribution < -0.4 is 22.5 Å². The Labute approximate surface area is 152 Å². The van der Waals surface area contributed by atoms with Gasteiger partial charge in [0.25, 0.3) is 0 Å². The van der Waals surface area contributed by atoms with Crippen LogP contribution in [0.2, 0.25) is 0 Å². The summed E-state index contributed by atoms with van der Waals surface area (Å²) in [6.07, 6.45) is -4.57. The number of guanidine groups is 1. The molecule has 0 aliphatic carbocycles. The normalized spacial score (nSPS) is 38.6. The number of nitrogens with one attached hydrogen (secondary N) is 1.